The Morgan fingerprint density at radius 2 is 1.69 bits per heavy atom. The van der Waals surface area contributed by atoms with Crippen LogP contribution in [0.15, 0.2) is 55.6 Å². The van der Waals surface area contributed by atoms with Gasteiger partial charge in [0.05, 0.1) is 0 Å². The van der Waals surface area contributed by atoms with E-state index in [2.05, 4.69) is 44.1 Å². The van der Waals surface area contributed by atoms with Crippen molar-refractivity contribution in [3.8, 4) is 0 Å². The fourth-order valence-electron chi connectivity index (χ4n) is 4.90. The highest BCUT2D eigenvalue weighted by Gasteiger charge is 2.46. The van der Waals surface area contributed by atoms with Gasteiger partial charge >= 0.3 is 0 Å². The summed E-state index contributed by atoms with van der Waals surface area (Å²) in [7, 11) is 0. The summed E-state index contributed by atoms with van der Waals surface area (Å²) < 4.78 is 14.4. The predicted molar refractivity (Wildman–Crippen MR) is 141 cm³/mol. The number of nitrogens with two attached hydrogens (primary N) is 1. The summed E-state index contributed by atoms with van der Waals surface area (Å²) in [6.45, 7) is 14.5. The van der Waals surface area contributed by atoms with Crippen molar-refractivity contribution in [1.82, 2.24) is 0 Å². The predicted octanol–water partition coefficient (Wildman–Crippen LogP) is 7.82. The van der Waals surface area contributed by atoms with E-state index in [0.29, 0.717) is 12.0 Å². The minimum Gasteiger partial charge on any atom is -0.328 e. The summed E-state index contributed by atoms with van der Waals surface area (Å²) in [4.78, 5) is 0. The first-order valence-corrected chi connectivity index (χ1v) is 12.7. The van der Waals surface area contributed by atoms with Crippen LogP contribution in [0.2, 0.25) is 0 Å². The van der Waals surface area contributed by atoms with E-state index in [1.165, 1.54) is 30.4 Å². The van der Waals surface area contributed by atoms with Crippen LogP contribution in [0, 0.1) is 24.1 Å². The molecule has 0 amide bonds. The van der Waals surface area contributed by atoms with Crippen molar-refractivity contribution in [1.29, 1.82) is 5.41 Å². The van der Waals surface area contributed by atoms with Gasteiger partial charge in [-0.1, -0.05) is 55.8 Å². The SMILES string of the molecule is C=C.C=N.CC.Cc1ccc(F)c(CSC2(C3CCC(N)CC3)CCc3ccccc32)c1. The third-order valence-corrected chi connectivity index (χ3v) is 8.08. The number of hydrogen-bond acceptors (Lipinski definition) is 3. The Balaban J connectivity index is 0.000000789. The van der Waals surface area contributed by atoms with Gasteiger partial charge in [-0.25, -0.2) is 4.39 Å². The summed E-state index contributed by atoms with van der Waals surface area (Å²) in [5.41, 5.74) is 11.1. The minimum absolute atomic E-state index is 0.0739. The van der Waals surface area contributed by atoms with Crippen molar-refractivity contribution in [2.45, 2.75) is 75.8 Å². The van der Waals surface area contributed by atoms with Crippen LogP contribution in [-0.4, -0.2) is 12.8 Å². The molecule has 0 radical (unpaired) electrons. The Hall–Kier alpha value is -1.91. The van der Waals surface area contributed by atoms with Crippen LogP contribution in [0.4, 0.5) is 4.39 Å². The lowest BCUT2D eigenvalue weighted by Crippen LogP contribution is -2.36. The fourth-order valence-corrected chi connectivity index (χ4v) is 6.61. The maximum absolute atomic E-state index is 14.3. The summed E-state index contributed by atoms with van der Waals surface area (Å²) in [5, 5.41) is 5.50. The van der Waals surface area contributed by atoms with Crippen molar-refractivity contribution >= 4 is 18.5 Å². The van der Waals surface area contributed by atoms with E-state index in [1.807, 2.05) is 44.7 Å². The molecular formula is C28H41FN2S. The first-order valence-electron chi connectivity index (χ1n) is 11.7. The van der Waals surface area contributed by atoms with Gasteiger partial charge in [0, 0.05) is 16.5 Å². The number of thioether (sulfide) groups is 1. The Labute approximate surface area is 199 Å². The van der Waals surface area contributed by atoms with E-state index in [9.17, 15) is 4.39 Å². The summed E-state index contributed by atoms with van der Waals surface area (Å²) >= 11 is 1.98. The molecule has 4 rings (SSSR count). The monoisotopic (exact) mass is 456 g/mol. The van der Waals surface area contributed by atoms with E-state index in [-0.39, 0.29) is 10.6 Å². The van der Waals surface area contributed by atoms with Crippen LogP contribution in [0.5, 0.6) is 0 Å². The maximum atomic E-state index is 14.3. The van der Waals surface area contributed by atoms with Crippen LogP contribution in [0.3, 0.4) is 0 Å². The van der Waals surface area contributed by atoms with Crippen molar-refractivity contribution in [2.75, 3.05) is 0 Å². The molecule has 1 saturated carbocycles. The van der Waals surface area contributed by atoms with E-state index in [4.69, 9.17) is 11.1 Å². The maximum Gasteiger partial charge on any atom is 0.127 e. The molecule has 4 heteroatoms. The zero-order chi connectivity index (χ0) is 24.1. The molecule has 0 heterocycles. The standard InChI is InChI=1S/C23H28FNS.C2H6.C2H4.CH3N/c1-16-6-11-22(24)18(14-16)15-26-23(19-7-9-20(25)10-8-19)13-12-17-4-2-3-5-21(17)23;3*1-2/h2-6,11,14,19-20H,7-10,12-13,15,25H2,1H3;1-2H3;1-2H2;2H,1H2. The molecule has 32 heavy (non-hydrogen) atoms. The number of benzene rings is 2. The average molecular weight is 457 g/mol. The zero-order valence-corrected chi connectivity index (χ0v) is 20.9. The molecule has 2 aliphatic carbocycles. The molecular weight excluding hydrogens is 415 g/mol. The van der Waals surface area contributed by atoms with E-state index in [0.717, 1.165) is 36.1 Å². The molecule has 3 N–H and O–H groups in total. The van der Waals surface area contributed by atoms with E-state index < -0.39 is 0 Å². The Bertz CT molecular complexity index is 815. The van der Waals surface area contributed by atoms with E-state index >= 15 is 0 Å². The molecule has 2 aliphatic rings. The summed E-state index contributed by atoms with van der Waals surface area (Å²) in [6, 6.07) is 14.7. The van der Waals surface area contributed by atoms with Gasteiger partial charge in [0.1, 0.15) is 5.82 Å². The topological polar surface area (TPSA) is 49.9 Å². The van der Waals surface area contributed by atoms with Crippen LogP contribution < -0.4 is 5.73 Å². The van der Waals surface area contributed by atoms with Gasteiger partial charge in [-0.05, 0) is 80.8 Å². The van der Waals surface area contributed by atoms with Gasteiger partial charge < -0.3 is 11.1 Å². The first-order chi connectivity index (χ1) is 15.6. The van der Waals surface area contributed by atoms with Gasteiger partial charge in [-0.15, -0.1) is 24.9 Å². The van der Waals surface area contributed by atoms with Crippen LogP contribution in [-0.2, 0) is 16.9 Å². The summed E-state index contributed by atoms with van der Waals surface area (Å²) in [5.74, 6) is 1.31. The molecule has 2 aromatic rings. The normalized spacial score (nSPS) is 23.3. The molecule has 1 unspecified atom stereocenters. The number of hydrogen-bond donors (Lipinski definition) is 2. The lowest BCUT2D eigenvalue weighted by Gasteiger charge is -2.42. The Kier molecular flexibility index (Phi) is 12.6. The smallest absolute Gasteiger partial charge is 0.127 e. The molecule has 1 atom stereocenters. The highest BCUT2D eigenvalue weighted by atomic mass is 32.2. The quantitative estimate of drug-likeness (QED) is 0.364. The third kappa shape index (κ3) is 6.55. The zero-order valence-electron chi connectivity index (χ0n) is 20.1. The molecule has 2 aromatic carbocycles. The molecule has 0 bridgehead atoms. The van der Waals surface area contributed by atoms with Gasteiger partial charge in [-0.3, -0.25) is 0 Å². The lowest BCUT2D eigenvalue weighted by molar-refractivity contribution is 0.259. The first kappa shape index (κ1) is 28.1. The fraction of sp³-hybridized carbons (Fsp3) is 0.464. The molecule has 0 aliphatic heterocycles. The Morgan fingerprint density at radius 1 is 1.06 bits per heavy atom. The van der Waals surface area contributed by atoms with Crippen molar-refractivity contribution in [3.63, 3.8) is 0 Å². The molecule has 2 nitrogen and oxygen atoms in total. The number of halogens is 1. The minimum atomic E-state index is -0.0739. The highest BCUT2D eigenvalue weighted by molar-refractivity contribution is 7.99. The molecule has 0 aromatic heterocycles. The number of fused-ring (bicyclic) bond motifs is 1. The van der Waals surface area contributed by atoms with Gasteiger partial charge in [-0.2, -0.15) is 0 Å². The molecule has 0 saturated heterocycles. The van der Waals surface area contributed by atoms with Crippen LogP contribution in [0.25, 0.3) is 0 Å². The third-order valence-electron chi connectivity index (χ3n) is 6.36. The highest BCUT2D eigenvalue weighted by Crippen LogP contribution is 2.56. The number of rotatable bonds is 4. The molecule has 176 valence electrons. The van der Waals surface area contributed by atoms with Crippen LogP contribution >= 0.6 is 11.8 Å². The summed E-state index contributed by atoms with van der Waals surface area (Å²) in [6.07, 6.45) is 6.94. The van der Waals surface area contributed by atoms with Gasteiger partial charge in [0.2, 0.25) is 0 Å². The van der Waals surface area contributed by atoms with Crippen molar-refractivity contribution < 1.29 is 4.39 Å². The van der Waals surface area contributed by atoms with Crippen molar-refractivity contribution in [3.05, 3.63) is 83.7 Å². The average Bonchev–Trinajstić information content (AvgIpc) is 3.24. The largest absolute Gasteiger partial charge is 0.328 e. The van der Waals surface area contributed by atoms with Crippen molar-refractivity contribution in [2.24, 2.45) is 11.7 Å². The number of nitrogens with one attached hydrogen (secondary N) is 1. The van der Waals surface area contributed by atoms with Crippen LogP contribution in [0.1, 0.15) is 68.2 Å². The number of aryl methyl sites for hydroxylation is 2. The second-order valence-corrected chi connectivity index (χ2v) is 9.35. The van der Waals surface area contributed by atoms with Gasteiger partial charge in [0.25, 0.3) is 0 Å². The second kappa shape index (κ2) is 14.3. The second-order valence-electron chi connectivity index (χ2n) is 8.04. The van der Waals surface area contributed by atoms with Gasteiger partial charge in [0.15, 0.2) is 0 Å². The Morgan fingerprint density at radius 3 is 2.34 bits per heavy atom. The lowest BCUT2D eigenvalue weighted by atomic mass is 9.75. The van der Waals surface area contributed by atoms with E-state index in [1.54, 1.807) is 6.07 Å². The molecule has 1 fully saturated rings. The molecule has 0 spiro atoms.